The number of likely N-dealkylation sites (tertiary alicyclic amines) is 1. The molecule has 2 aliphatic heterocycles. The van der Waals surface area contributed by atoms with E-state index in [-0.39, 0.29) is 0 Å². The van der Waals surface area contributed by atoms with Crippen molar-refractivity contribution in [3.63, 3.8) is 0 Å². The fraction of sp³-hybridized carbons (Fsp3) is 1.00. The molecule has 106 valence electrons. The quantitative estimate of drug-likeness (QED) is 0.780. The summed E-state index contributed by atoms with van der Waals surface area (Å²) in [6, 6.07) is 1.61. The molecular formula is C15H31N3. The van der Waals surface area contributed by atoms with E-state index < -0.39 is 0 Å². The summed E-state index contributed by atoms with van der Waals surface area (Å²) in [6.07, 6.45) is 6.80. The van der Waals surface area contributed by atoms with Crippen LogP contribution in [0.25, 0.3) is 0 Å². The molecule has 2 saturated heterocycles. The van der Waals surface area contributed by atoms with Gasteiger partial charge in [0.15, 0.2) is 0 Å². The van der Waals surface area contributed by atoms with Gasteiger partial charge < -0.3 is 10.2 Å². The van der Waals surface area contributed by atoms with E-state index in [4.69, 9.17) is 0 Å². The minimum atomic E-state index is 0.765. The highest BCUT2D eigenvalue weighted by Gasteiger charge is 2.26. The van der Waals surface area contributed by atoms with Crippen molar-refractivity contribution in [2.75, 3.05) is 39.3 Å². The lowest BCUT2D eigenvalue weighted by atomic mass is 10.0. The summed E-state index contributed by atoms with van der Waals surface area (Å²) < 4.78 is 0. The standard InChI is InChI=1S/C15H31N3/c1-3-10-18(13-14-6-5-9-16-14)15-7-11-17(4-2)12-8-15/h14-16H,3-13H2,1-2H3. The summed E-state index contributed by atoms with van der Waals surface area (Å²) in [6.45, 7) is 12.2. The van der Waals surface area contributed by atoms with Gasteiger partial charge in [-0.05, 0) is 64.8 Å². The first-order valence-corrected chi connectivity index (χ1v) is 8.03. The van der Waals surface area contributed by atoms with E-state index in [0.717, 1.165) is 12.1 Å². The van der Waals surface area contributed by atoms with Gasteiger partial charge in [0.2, 0.25) is 0 Å². The van der Waals surface area contributed by atoms with Crippen LogP contribution >= 0.6 is 0 Å². The largest absolute Gasteiger partial charge is 0.313 e. The molecule has 3 heteroatoms. The molecular weight excluding hydrogens is 222 g/mol. The van der Waals surface area contributed by atoms with Crippen molar-refractivity contribution in [3.05, 3.63) is 0 Å². The van der Waals surface area contributed by atoms with E-state index in [0.29, 0.717) is 0 Å². The van der Waals surface area contributed by atoms with Crippen molar-refractivity contribution in [1.29, 1.82) is 0 Å². The lowest BCUT2D eigenvalue weighted by Crippen LogP contribution is -2.48. The maximum Gasteiger partial charge on any atom is 0.0195 e. The molecule has 2 heterocycles. The van der Waals surface area contributed by atoms with E-state index >= 15 is 0 Å². The first-order valence-electron chi connectivity index (χ1n) is 8.03. The molecule has 0 aliphatic carbocycles. The Morgan fingerprint density at radius 3 is 2.50 bits per heavy atom. The molecule has 0 amide bonds. The summed E-state index contributed by atoms with van der Waals surface area (Å²) in [5.41, 5.74) is 0. The molecule has 1 atom stereocenters. The molecule has 1 N–H and O–H groups in total. The summed E-state index contributed by atoms with van der Waals surface area (Å²) >= 11 is 0. The van der Waals surface area contributed by atoms with Gasteiger partial charge in [-0.15, -0.1) is 0 Å². The lowest BCUT2D eigenvalue weighted by molar-refractivity contribution is 0.104. The van der Waals surface area contributed by atoms with Gasteiger partial charge in [0.25, 0.3) is 0 Å². The third-order valence-corrected chi connectivity index (χ3v) is 4.65. The van der Waals surface area contributed by atoms with Crippen LogP contribution in [0.15, 0.2) is 0 Å². The van der Waals surface area contributed by atoms with Crippen molar-refractivity contribution in [1.82, 2.24) is 15.1 Å². The SMILES string of the molecule is CCCN(CC1CCCN1)C1CCN(CC)CC1. The monoisotopic (exact) mass is 253 g/mol. The highest BCUT2D eigenvalue weighted by molar-refractivity contribution is 4.84. The van der Waals surface area contributed by atoms with Crippen LogP contribution in [-0.2, 0) is 0 Å². The van der Waals surface area contributed by atoms with Crippen LogP contribution in [0.3, 0.4) is 0 Å². The number of rotatable bonds is 6. The number of nitrogens with zero attached hydrogens (tertiary/aromatic N) is 2. The number of piperidine rings is 1. The molecule has 2 rings (SSSR count). The Morgan fingerprint density at radius 1 is 1.17 bits per heavy atom. The first kappa shape index (κ1) is 14.3. The molecule has 0 bridgehead atoms. The highest BCUT2D eigenvalue weighted by atomic mass is 15.2. The maximum atomic E-state index is 3.65. The van der Waals surface area contributed by atoms with Gasteiger partial charge in [-0.1, -0.05) is 13.8 Å². The van der Waals surface area contributed by atoms with Crippen molar-refractivity contribution < 1.29 is 0 Å². The molecule has 18 heavy (non-hydrogen) atoms. The zero-order valence-electron chi connectivity index (χ0n) is 12.3. The van der Waals surface area contributed by atoms with Crippen molar-refractivity contribution in [2.45, 2.75) is 58.0 Å². The van der Waals surface area contributed by atoms with E-state index in [1.54, 1.807) is 0 Å². The second kappa shape index (κ2) is 7.46. The predicted octanol–water partition coefficient (Wildman–Crippen LogP) is 1.93. The van der Waals surface area contributed by atoms with Crippen LogP contribution in [0, 0.1) is 0 Å². The third kappa shape index (κ3) is 3.94. The van der Waals surface area contributed by atoms with Gasteiger partial charge in [0, 0.05) is 18.6 Å². The smallest absolute Gasteiger partial charge is 0.0195 e. The maximum absolute atomic E-state index is 3.65. The Balaban J connectivity index is 1.80. The highest BCUT2D eigenvalue weighted by Crippen LogP contribution is 2.18. The van der Waals surface area contributed by atoms with Crippen LogP contribution < -0.4 is 5.32 Å². The number of hydrogen-bond acceptors (Lipinski definition) is 3. The number of hydrogen-bond donors (Lipinski definition) is 1. The van der Waals surface area contributed by atoms with Gasteiger partial charge in [-0.2, -0.15) is 0 Å². The molecule has 1 unspecified atom stereocenters. The Hall–Kier alpha value is -0.120. The lowest BCUT2D eigenvalue weighted by Gasteiger charge is -2.39. The van der Waals surface area contributed by atoms with E-state index in [1.165, 1.54) is 71.4 Å². The molecule has 0 aromatic heterocycles. The van der Waals surface area contributed by atoms with Crippen LogP contribution in [0.1, 0.15) is 46.0 Å². The van der Waals surface area contributed by atoms with E-state index in [9.17, 15) is 0 Å². The van der Waals surface area contributed by atoms with E-state index in [2.05, 4.69) is 29.0 Å². The van der Waals surface area contributed by atoms with Crippen LogP contribution in [0.2, 0.25) is 0 Å². The first-order chi connectivity index (χ1) is 8.83. The van der Waals surface area contributed by atoms with Gasteiger partial charge >= 0.3 is 0 Å². The molecule has 3 nitrogen and oxygen atoms in total. The Kier molecular flexibility index (Phi) is 5.93. The Bertz CT molecular complexity index is 218. The summed E-state index contributed by atoms with van der Waals surface area (Å²) in [5.74, 6) is 0. The molecule has 0 aromatic rings. The fourth-order valence-corrected chi connectivity index (χ4v) is 3.51. The topological polar surface area (TPSA) is 18.5 Å². The third-order valence-electron chi connectivity index (χ3n) is 4.65. The summed E-state index contributed by atoms with van der Waals surface area (Å²) in [5, 5.41) is 3.65. The summed E-state index contributed by atoms with van der Waals surface area (Å²) in [7, 11) is 0. The van der Waals surface area contributed by atoms with Crippen LogP contribution in [0.5, 0.6) is 0 Å². The van der Waals surface area contributed by atoms with Gasteiger partial charge in [-0.25, -0.2) is 0 Å². The average molecular weight is 253 g/mol. The van der Waals surface area contributed by atoms with Gasteiger partial charge in [-0.3, -0.25) is 4.90 Å². The second-order valence-corrected chi connectivity index (χ2v) is 5.95. The minimum absolute atomic E-state index is 0.765. The van der Waals surface area contributed by atoms with Crippen LogP contribution in [-0.4, -0.2) is 61.2 Å². The number of nitrogens with one attached hydrogen (secondary N) is 1. The zero-order valence-corrected chi connectivity index (χ0v) is 12.3. The minimum Gasteiger partial charge on any atom is -0.313 e. The van der Waals surface area contributed by atoms with Gasteiger partial charge in [0.05, 0.1) is 0 Å². The average Bonchev–Trinajstić information content (AvgIpc) is 2.91. The fourth-order valence-electron chi connectivity index (χ4n) is 3.51. The normalized spacial score (nSPS) is 27.2. The molecule has 2 aliphatic rings. The van der Waals surface area contributed by atoms with Crippen molar-refractivity contribution in [3.8, 4) is 0 Å². The molecule has 0 saturated carbocycles. The Morgan fingerprint density at radius 2 is 1.94 bits per heavy atom. The Labute approximate surface area is 113 Å². The predicted molar refractivity (Wildman–Crippen MR) is 78.0 cm³/mol. The molecule has 2 fully saturated rings. The van der Waals surface area contributed by atoms with Crippen molar-refractivity contribution >= 4 is 0 Å². The molecule has 0 spiro atoms. The molecule has 0 aromatic carbocycles. The summed E-state index contributed by atoms with van der Waals surface area (Å²) in [4.78, 5) is 5.37. The van der Waals surface area contributed by atoms with Crippen molar-refractivity contribution in [2.24, 2.45) is 0 Å². The van der Waals surface area contributed by atoms with Crippen LogP contribution in [0.4, 0.5) is 0 Å². The zero-order chi connectivity index (χ0) is 12.8. The van der Waals surface area contributed by atoms with E-state index in [1.807, 2.05) is 0 Å². The molecule has 0 radical (unpaired) electrons. The second-order valence-electron chi connectivity index (χ2n) is 5.95. The van der Waals surface area contributed by atoms with Gasteiger partial charge in [0.1, 0.15) is 0 Å².